The average Bonchev–Trinajstić information content (AvgIpc) is 2.29. The molecule has 1 N–H and O–H groups in total. The summed E-state index contributed by atoms with van der Waals surface area (Å²) in [5.74, 6) is -0.0569. The molecule has 0 aliphatic rings. The van der Waals surface area contributed by atoms with Crippen LogP contribution in [0.3, 0.4) is 0 Å². The van der Waals surface area contributed by atoms with E-state index < -0.39 is 0 Å². The zero-order valence-corrected chi connectivity index (χ0v) is 12.4. The highest BCUT2D eigenvalue weighted by Crippen LogP contribution is 2.27. The number of benzene rings is 1. The van der Waals surface area contributed by atoms with Gasteiger partial charge in [-0.25, -0.2) is 8.78 Å². The summed E-state index contributed by atoms with van der Waals surface area (Å²) in [6, 6.07) is 3.67. The van der Waals surface area contributed by atoms with Gasteiger partial charge in [0.05, 0.1) is 0 Å². The van der Waals surface area contributed by atoms with Gasteiger partial charge in [-0.2, -0.15) is 0 Å². The van der Waals surface area contributed by atoms with Crippen molar-refractivity contribution in [2.45, 2.75) is 40.5 Å². The van der Waals surface area contributed by atoms with E-state index in [1.54, 1.807) is 0 Å². The van der Waals surface area contributed by atoms with Crippen LogP contribution >= 0.6 is 0 Å². The van der Waals surface area contributed by atoms with Crippen molar-refractivity contribution < 1.29 is 8.78 Å². The van der Waals surface area contributed by atoms with E-state index in [-0.39, 0.29) is 17.0 Å². The van der Waals surface area contributed by atoms with Crippen molar-refractivity contribution in [2.24, 2.45) is 11.3 Å². The van der Waals surface area contributed by atoms with Gasteiger partial charge in [0.25, 0.3) is 0 Å². The van der Waals surface area contributed by atoms with Crippen LogP contribution in [-0.2, 0) is 6.42 Å². The molecule has 0 amide bonds. The molecule has 19 heavy (non-hydrogen) atoms. The maximum Gasteiger partial charge on any atom is 0.126 e. The fourth-order valence-corrected chi connectivity index (χ4v) is 2.10. The molecule has 0 unspecified atom stereocenters. The van der Waals surface area contributed by atoms with Gasteiger partial charge in [0.1, 0.15) is 11.6 Å². The second-order valence-electron chi connectivity index (χ2n) is 6.42. The van der Waals surface area contributed by atoms with Crippen LogP contribution in [0.25, 0.3) is 0 Å². The average molecular weight is 269 g/mol. The van der Waals surface area contributed by atoms with Crippen LogP contribution in [0.2, 0.25) is 0 Å². The minimum atomic E-state index is -0.370. The van der Waals surface area contributed by atoms with Gasteiger partial charge < -0.3 is 5.32 Å². The summed E-state index contributed by atoms with van der Waals surface area (Å²) in [4.78, 5) is 0. The number of halogens is 2. The van der Waals surface area contributed by atoms with Crippen molar-refractivity contribution in [2.75, 3.05) is 13.1 Å². The summed E-state index contributed by atoms with van der Waals surface area (Å²) < 4.78 is 26.8. The Bertz CT molecular complexity index is 400. The van der Waals surface area contributed by atoms with E-state index in [2.05, 4.69) is 33.0 Å². The summed E-state index contributed by atoms with van der Waals surface area (Å²) in [6.07, 6.45) is 1.50. The maximum atomic E-state index is 13.6. The van der Waals surface area contributed by atoms with Gasteiger partial charge in [0.2, 0.25) is 0 Å². The normalized spacial score (nSPS) is 12.2. The van der Waals surface area contributed by atoms with Crippen LogP contribution in [0, 0.1) is 23.0 Å². The van der Waals surface area contributed by atoms with E-state index in [1.165, 1.54) is 12.1 Å². The van der Waals surface area contributed by atoms with Gasteiger partial charge in [0.15, 0.2) is 0 Å². The highest BCUT2D eigenvalue weighted by atomic mass is 19.1. The van der Waals surface area contributed by atoms with Crippen molar-refractivity contribution >= 4 is 0 Å². The largest absolute Gasteiger partial charge is 0.316 e. The standard InChI is InChI=1S/C16H25F2N/c1-12(2)11-19-8-7-16(3,4)10-13-9-14(17)5-6-15(13)18/h5-6,9,12,19H,7-8,10-11H2,1-4H3. The van der Waals surface area contributed by atoms with Crippen molar-refractivity contribution in [1.82, 2.24) is 5.32 Å². The monoisotopic (exact) mass is 269 g/mol. The minimum absolute atomic E-state index is 0.0430. The van der Waals surface area contributed by atoms with Crippen LogP contribution < -0.4 is 5.32 Å². The minimum Gasteiger partial charge on any atom is -0.316 e. The van der Waals surface area contributed by atoms with E-state index in [0.29, 0.717) is 17.9 Å². The summed E-state index contributed by atoms with van der Waals surface area (Å²) in [6.45, 7) is 10.4. The van der Waals surface area contributed by atoms with Crippen LogP contribution in [0.4, 0.5) is 8.78 Å². The molecule has 1 aromatic carbocycles. The molecular weight excluding hydrogens is 244 g/mol. The predicted octanol–water partition coefficient (Wildman–Crippen LogP) is 4.17. The van der Waals surface area contributed by atoms with Gasteiger partial charge in [-0.05, 0) is 61.0 Å². The number of hydrogen-bond donors (Lipinski definition) is 1. The van der Waals surface area contributed by atoms with Crippen molar-refractivity contribution in [1.29, 1.82) is 0 Å². The van der Waals surface area contributed by atoms with E-state index >= 15 is 0 Å². The second kappa shape index (κ2) is 6.99. The molecular formula is C16H25F2N. The first-order valence-electron chi connectivity index (χ1n) is 6.95. The van der Waals surface area contributed by atoms with Crippen molar-refractivity contribution in [3.63, 3.8) is 0 Å². The van der Waals surface area contributed by atoms with E-state index in [9.17, 15) is 8.78 Å². The lowest BCUT2D eigenvalue weighted by molar-refractivity contribution is 0.317. The second-order valence-corrected chi connectivity index (χ2v) is 6.42. The Hall–Kier alpha value is -0.960. The van der Waals surface area contributed by atoms with Gasteiger partial charge in [0, 0.05) is 0 Å². The Balaban J connectivity index is 2.51. The molecule has 0 saturated carbocycles. The summed E-state index contributed by atoms with van der Waals surface area (Å²) in [5.41, 5.74) is 0.423. The molecule has 0 heterocycles. The first-order valence-corrected chi connectivity index (χ1v) is 6.95. The quantitative estimate of drug-likeness (QED) is 0.733. The third-order valence-corrected chi connectivity index (χ3v) is 3.21. The smallest absolute Gasteiger partial charge is 0.126 e. The molecule has 108 valence electrons. The molecule has 0 aromatic heterocycles. The zero-order chi connectivity index (χ0) is 14.5. The summed E-state index contributed by atoms with van der Waals surface area (Å²) >= 11 is 0. The maximum absolute atomic E-state index is 13.6. The molecule has 0 aliphatic heterocycles. The zero-order valence-electron chi connectivity index (χ0n) is 12.4. The first-order chi connectivity index (χ1) is 8.80. The third kappa shape index (κ3) is 6.15. The van der Waals surface area contributed by atoms with Gasteiger partial charge in [-0.3, -0.25) is 0 Å². The Labute approximate surface area is 115 Å². The molecule has 0 saturated heterocycles. The van der Waals surface area contributed by atoms with Gasteiger partial charge in [-0.1, -0.05) is 27.7 Å². The topological polar surface area (TPSA) is 12.0 Å². The van der Waals surface area contributed by atoms with Crippen LogP contribution in [0.5, 0.6) is 0 Å². The lowest BCUT2D eigenvalue weighted by atomic mass is 9.82. The van der Waals surface area contributed by atoms with E-state index in [4.69, 9.17) is 0 Å². The SMILES string of the molecule is CC(C)CNCCC(C)(C)Cc1cc(F)ccc1F. The van der Waals surface area contributed by atoms with Crippen LogP contribution in [0.1, 0.15) is 39.7 Å². The van der Waals surface area contributed by atoms with Gasteiger partial charge in [-0.15, -0.1) is 0 Å². The van der Waals surface area contributed by atoms with Crippen molar-refractivity contribution in [3.8, 4) is 0 Å². The van der Waals surface area contributed by atoms with Gasteiger partial charge >= 0.3 is 0 Å². The lowest BCUT2D eigenvalue weighted by Gasteiger charge is -2.25. The Kier molecular flexibility index (Phi) is 5.92. The molecule has 1 rings (SSSR count). The van der Waals surface area contributed by atoms with Crippen LogP contribution in [-0.4, -0.2) is 13.1 Å². The molecule has 0 bridgehead atoms. The highest BCUT2D eigenvalue weighted by molar-refractivity contribution is 5.20. The fraction of sp³-hybridized carbons (Fsp3) is 0.625. The number of nitrogens with one attached hydrogen (secondary N) is 1. The summed E-state index contributed by atoms with van der Waals surface area (Å²) in [7, 11) is 0. The molecule has 0 aliphatic carbocycles. The molecule has 1 aromatic rings. The molecule has 0 radical (unpaired) electrons. The molecule has 3 heteroatoms. The first kappa shape index (κ1) is 16.1. The van der Waals surface area contributed by atoms with Crippen LogP contribution in [0.15, 0.2) is 18.2 Å². The predicted molar refractivity (Wildman–Crippen MR) is 76.2 cm³/mol. The summed E-state index contributed by atoms with van der Waals surface area (Å²) in [5, 5.41) is 3.38. The Morgan fingerprint density at radius 1 is 1.21 bits per heavy atom. The number of hydrogen-bond acceptors (Lipinski definition) is 1. The highest BCUT2D eigenvalue weighted by Gasteiger charge is 2.20. The molecule has 0 atom stereocenters. The Morgan fingerprint density at radius 3 is 2.53 bits per heavy atom. The molecule has 0 fully saturated rings. The fourth-order valence-electron chi connectivity index (χ4n) is 2.10. The Morgan fingerprint density at radius 2 is 1.89 bits per heavy atom. The van der Waals surface area contributed by atoms with Crippen molar-refractivity contribution in [3.05, 3.63) is 35.4 Å². The molecule has 1 nitrogen and oxygen atoms in total. The third-order valence-electron chi connectivity index (χ3n) is 3.21. The lowest BCUT2D eigenvalue weighted by Crippen LogP contribution is -2.26. The van der Waals surface area contributed by atoms with E-state index in [1.807, 2.05) is 0 Å². The number of rotatable bonds is 7. The molecule has 0 spiro atoms. The van der Waals surface area contributed by atoms with E-state index in [0.717, 1.165) is 25.6 Å².